The Labute approximate surface area is 124 Å². The molecule has 0 amide bonds. The van der Waals surface area contributed by atoms with Crippen LogP contribution in [0.4, 0.5) is 5.69 Å². The van der Waals surface area contributed by atoms with Crippen molar-refractivity contribution in [2.24, 2.45) is 0 Å². The van der Waals surface area contributed by atoms with E-state index in [0.29, 0.717) is 18.5 Å². The summed E-state index contributed by atoms with van der Waals surface area (Å²) in [5, 5.41) is 9.23. The van der Waals surface area contributed by atoms with Crippen LogP contribution in [0.25, 0.3) is 0 Å². The van der Waals surface area contributed by atoms with E-state index >= 15 is 0 Å². The highest BCUT2D eigenvalue weighted by Gasteiger charge is 2.23. The number of rotatable bonds is 5. The molecule has 1 aromatic rings. The topological polar surface area (TPSA) is 59.0 Å². The zero-order valence-corrected chi connectivity index (χ0v) is 12.1. The third-order valence-electron chi connectivity index (χ3n) is 4.15. The molecule has 2 aliphatic heterocycles. The first-order valence-corrected chi connectivity index (χ1v) is 7.61. The quantitative estimate of drug-likeness (QED) is 0.903. The molecule has 5 nitrogen and oxygen atoms in total. The highest BCUT2D eigenvalue weighted by molar-refractivity contribution is 5.93. The highest BCUT2D eigenvalue weighted by Crippen LogP contribution is 2.35. The molecule has 0 aliphatic carbocycles. The molecule has 1 aromatic carbocycles. The van der Waals surface area contributed by atoms with Crippen molar-refractivity contribution in [2.75, 3.05) is 31.2 Å². The monoisotopic (exact) mass is 291 g/mol. The summed E-state index contributed by atoms with van der Waals surface area (Å²) in [5.74, 6) is -0.429. The number of carboxylic acids is 1. The molecule has 5 heteroatoms. The van der Waals surface area contributed by atoms with Crippen molar-refractivity contribution in [3.8, 4) is 5.75 Å². The van der Waals surface area contributed by atoms with Crippen LogP contribution in [0, 0.1) is 0 Å². The number of carboxylic acid groups (broad SMARTS) is 1. The molecule has 1 unspecified atom stereocenters. The largest absolute Gasteiger partial charge is 0.489 e. The van der Waals surface area contributed by atoms with Crippen molar-refractivity contribution >= 4 is 11.7 Å². The van der Waals surface area contributed by atoms with Crippen LogP contribution in [0.2, 0.25) is 0 Å². The Morgan fingerprint density at radius 2 is 2.29 bits per heavy atom. The number of benzene rings is 1. The van der Waals surface area contributed by atoms with Gasteiger partial charge in [0.25, 0.3) is 0 Å². The van der Waals surface area contributed by atoms with Crippen LogP contribution in [0.15, 0.2) is 18.2 Å². The van der Waals surface area contributed by atoms with Crippen LogP contribution in [-0.2, 0) is 4.74 Å². The minimum Gasteiger partial charge on any atom is -0.489 e. The molecule has 2 aliphatic rings. The number of hydrogen-bond acceptors (Lipinski definition) is 4. The lowest BCUT2D eigenvalue weighted by Gasteiger charge is -2.32. The summed E-state index contributed by atoms with van der Waals surface area (Å²) in [6, 6.07) is 5.31. The van der Waals surface area contributed by atoms with E-state index in [1.165, 1.54) is 12.8 Å². The molecule has 0 bridgehead atoms. The van der Waals surface area contributed by atoms with E-state index in [2.05, 4.69) is 4.90 Å². The second-order valence-electron chi connectivity index (χ2n) is 5.57. The number of nitrogens with zero attached hydrogens (tertiary/aromatic N) is 1. The Morgan fingerprint density at radius 3 is 3.05 bits per heavy atom. The van der Waals surface area contributed by atoms with Crippen molar-refractivity contribution in [1.82, 2.24) is 0 Å². The first-order chi connectivity index (χ1) is 10.3. The number of ether oxygens (including phenoxy) is 2. The van der Waals surface area contributed by atoms with Gasteiger partial charge in [-0.3, -0.25) is 0 Å². The normalized spacial score (nSPS) is 21.0. The van der Waals surface area contributed by atoms with Gasteiger partial charge in [-0.15, -0.1) is 0 Å². The molecule has 1 fully saturated rings. The fourth-order valence-corrected chi connectivity index (χ4v) is 3.09. The maximum Gasteiger partial charge on any atom is 0.339 e. The van der Waals surface area contributed by atoms with Crippen LogP contribution in [-0.4, -0.2) is 43.5 Å². The Hall–Kier alpha value is -1.75. The van der Waals surface area contributed by atoms with Crippen molar-refractivity contribution in [3.05, 3.63) is 23.8 Å². The van der Waals surface area contributed by atoms with E-state index in [4.69, 9.17) is 9.47 Å². The van der Waals surface area contributed by atoms with Gasteiger partial charge in [-0.2, -0.15) is 0 Å². The van der Waals surface area contributed by atoms with Gasteiger partial charge in [0.05, 0.1) is 18.3 Å². The lowest BCUT2D eigenvalue weighted by atomic mass is 10.1. The molecule has 2 heterocycles. The van der Waals surface area contributed by atoms with Gasteiger partial charge in [-0.1, -0.05) is 6.07 Å². The SMILES string of the molecule is O=C(O)c1cccc2c1OCCN2CCCC1CCCO1. The molecular weight excluding hydrogens is 270 g/mol. The Morgan fingerprint density at radius 1 is 1.38 bits per heavy atom. The fraction of sp³-hybridized carbons (Fsp3) is 0.562. The van der Waals surface area contributed by atoms with Gasteiger partial charge >= 0.3 is 5.97 Å². The number of para-hydroxylation sites is 1. The molecular formula is C16H21NO4. The summed E-state index contributed by atoms with van der Waals surface area (Å²) in [4.78, 5) is 13.5. The van der Waals surface area contributed by atoms with Gasteiger partial charge in [0.1, 0.15) is 12.2 Å². The third-order valence-corrected chi connectivity index (χ3v) is 4.15. The lowest BCUT2D eigenvalue weighted by molar-refractivity contribution is 0.0692. The maximum atomic E-state index is 11.3. The first kappa shape index (κ1) is 14.2. The average Bonchev–Trinajstić information content (AvgIpc) is 3.00. The van der Waals surface area contributed by atoms with E-state index in [9.17, 15) is 9.90 Å². The van der Waals surface area contributed by atoms with Gasteiger partial charge in [-0.25, -0.2) is 4.79 Å². The number of carbonyl (C=O) groups is 1. The van der Waals surface area contributed by atoms with Gasteiger partial charge in [0, 0.05) is 13.2 Å². The van der Waals surface area contributed by atoms with E-state index in [1.54, 1.807) is 12.1 Å². The van der Waals surface area contributed by atoms with E-state index in [1.807, 2.05) is 6.07 Å². The highest BCUT2D eigenvalue weighted by atomic mass is 16.5. The summed E-state index contributed by atoms with van der Waals surface area (Å²) >= 11 is 0. The zero-order chi connectivity index (χ0) is 14.7. The molecule has 1 atom stereocenters. The van der Waals surface area contributed by atoms with Crippen LogP contribution in [0.5, 0.6) is 5.75 Å². The minimum atomic E-state index is -0.937. The first-order valence-electron chi connectivity index (χ1n) is 7.61. The fourth-order valence-electron chi connectivity index (χ4n) is 3.09. The van der Waals surface area contributed by atoms with E-state index < -0.39 is 5.97 Å². The third kappa shape index (κ3) is 3.13. The molecule has 3 rings (SSSR count). The van der Waals surface area contributed by atoms with Crippen molar-refractivity contribution in [2.45, 2.75) is 31.8 Å². The number of fused-ring (bicyclic) bond motifs is 1. The second kappa shape index (κ2) is 6.35. The summed E-state index contributed by atoms with van der Waals surface area (Å²) < 4.78 is 11.2. The number of anilines is 1. The second-order valence-corrected chi connectivity index (χ2v) is 5.57. The standard InChI is InChI=1S/C16H21NO4/c18-16(19)13-6-1-7-14-15(13)21-11-9-17(14)8-2-4-12-5-3-10-20-12/h1,6-7,12H,2-5,8-11H2,(H,18,19). The zero-order valence-electron chi connectivity index (χ0n) is 12.1. The molecule has 1 saturated heterocycles. The Balaban J connectivity index is 1.65. The van der Waals surface area contributed by atoms with Crippen molar-refractivity contribution in [3.63, 3.8) is 0 Å². The lowest BCUT2D eigenvalue weighted by Crippen LogP contribution is -2.34. The molecule has 0 aromatic heterocycles. The van der Waals surface area contributed by atoms with Gasteiger partial charge in [0.2, 0.25) is 0 Å². The summed E-state index contributed by atoms with van der Waals surface area (Å²) in [5.41, 5.74) is 1.14. The van der Waals surface area contributed by atoms with Crippen molar-refractivity contribution in [1.29, 1.82) is 0 Å². The molecule has 1 N–H and O–H groups in total. The summed E-state index contributed by atoms with van der Waals surface area (Å²) in [7, 11) is 0. The number of hydrogen-bond donors (Lipinski definition) is 1. The van der Waals surface area contributed by atoms with Crippen LogP contribution < -0.4 is 9.64 Å². The predicted octanol–water partition coefficient (Wildman–Crippen LogP) is 2.54. The maximum absolute atomic E-state index is 11.3. The van der Waals surface area contributed by atoms with E-state index in [0.717, 1.165) is 38.2 Å². The molecule has 0 radical (unpaired) electrons. The van der Waals surface area contributed by atoms with Crippen molar-refractivity contribution < 1.29 is 19.4 Å². The molecule has 21 heavy (non-hydrogen) atoms. The van der Waals surface area contributed by atoms with E-state index in [-0.39, 0.29) is 5.56 Å². The van der Waals surface area contributed by atoms with Crippen LogP contribution >= 0.6 is 0 Å². The van der Waals surface area contributed by atoms with Gasteiger partial charge in [-0.05, 0) is 37.8 Å². The predicted molar refractivity (Wildman–Crippen MR) is 79.3 cm³/mol. The smallest absolute Gasteiger partial charge is 0.339 e. The molecule has 0 spiro atoms. The van der Waals surface area contributed by atoms with Gasteiger partial charge in [0.15, 0.2) is 5.75 Å². The summed E-state index contributed by atoms with van der Waals surface area (Å²) in [6.07, 6.45) is 4.89. The molecule has 114 valence electrons. The van der Waals surface area contributed by atoms with Gasteiger partial charge < -0.3 is 19.5 Å². The number of aromatic carboxylic acids is 1. The Kier molecular flexibility index (Phi) is 4.29. The molecule has 0 saturated carbocycles. The average molecular weight is 291 g/mol. The Bertz CT molecular complexity index is 511. The van der Waals surface area contributed by atoms with Crippen LogP contribution in [0.1, 0.15) is 36.0 Å². The van der Waals surface area contributed by atoms with Crippen LogP contribution in [0.3, 0.4) is 0 Å². The summed E-state index contributed by atoms with van der Waals surface area (Å²) in [6.45, 7) is 3.16. The minimum absolute atomic E-state index is 0.247.